The molecule has 4 heteroatoms. The van der Waals surface area contributed by atoms with Gasteiger partial charge < -0.3 is 11.1 Å². The van der Waals surface area contributed by atoms with Gasteiger partial charge >= 0.3 is 0 Å². The number of benzene rings is 1. The highest BCUT2D eigenvalue weighted by Gasteiger charge is 2.01. The maximum absolute atomic E-state index is 5.71. The number of anilines is 3. The normalized spacial score (nSPS) is 10.1. The average Bonchev–Trinajstić information content (AvgIpc) is 2.27. The van der Waals surface area contributed by atoms with Crippen LogP contribution in [-0.4, -0.2) is 4.98 Å². The van der Waals surface area contributed by atoms with Crippen molar-refractivity contribution in [2.75, 3.05) is 11.1 Å². The Morgan fingerprint density at radius 3 is 2.62 bits per heavy atom. The average molecular weight is 278 g/mol. The summed E-state index contributed by atoms with van der Waals surface area (Å²) < 4.78 is 1.01. The summed E-state index contributed by atoms with van der Waals surface area (Å²) in [7, 11) is 0. The van der Waals surface area contributed by atoms with Crippen LogP contribution in [0.4, 0.5) is 17.2 Å². The van der Waals surface area contributed by atoms with E-state index in [2.05, 4.69) is 26.2 Å². The standard InChI is InChI=1S/C12H12BrN3/c1-8-10(14)6-7-12(15-8)16-11-5-3-2-4-9(11)13/h2-7H,14H2,1H3,(H,15,16). The first-order chi connectivity index (χ1) is 7.66. The summed E-state index contributed by atoms with van der Waals surface area (Å²) in [6.45, 7) is 1.89. The largest absolute Gasteiger partial charge is 0.397 e. The molecule has 1 aromatic carbocycles. The van der Waals surface area contributed by atoms with Crippen molar-refractivity contribution in [2.24, 2.45) is 0 Å². The number of nitrogens with zero attached hydrogens (tertiary/aromatic N) is 1. The maximum Gasteiger partial charge on any atom is 0.130 e. The number of nitrogens with one attached hydrogen (secondary N) is 1. The van der Waals surface area contributed by atoms with Crippen LogP contribution in [0.25, 0.3) is 0 Å². The molecule has 0 aliphatic carbocycles. The Bertz CT molecular complexity index is 511. The zero-order chi connectivity index (χ0) is 11.5. The van der Waals surface area contributed by atoms with Gasteiger partial charge in [-0.25, -0.2) is 4.98 Å². The number of pyridine rings is 1. The molecule has 16 heavy (non-hydrogen) atoms. The number of hydrogen-bond donors (Lipinski definition) is 2. The van der Waals surface area contributed by atoms with Crippen molar-refractivity contribution in [2.45, 2.75) is 6.92 Å². The van der Waals surface area contributed by atoms with Gasteiger partial charge in [0.15, 0.2) is 0 Å². The number of halogens is 1. The lowest BCUT2D eigenvalue weighted by atomic mass is 10.3. The third kappa shape index (κ3) is 2.33. The number of para-hydroxylation sites is 1. The molecular weight excluding hydrogens is 266 g/mol. The van der Waals surface area contributed by atoms with Crippen LogP contribution in [-0.2, 0) is 0 Å². The van der Waals surface area contributed by atoms with E-state index in [1.807, 2.05) is 43.3 Å². The van der Waals surface area contributed by atoms with Gasteiger partial charge in [0.05, 0.1) is 17.1 Å². The second-order valence-corrected chi connectivity index (χ2v) is 4.33. The summed E-state index contributed by atoms with van der Waals surface area (Å²) in [4.78, 5) is 4.35. The number of rotatable bonds is 2. The first-order valence-electron chi connectivity index (χ1n) is 4.91. The highest BCUT2D eigenvalue weighted by Crippen LogP contribution is 2.25. The first-order valence-corrected chi connectivity index (χ1v) is 5.71. The summed E-state index contributed by atoms with van der Waals surface area (Å²) in [5.41, 5.74) is 8.23. The monoisotopic (exact) mass is 277 g/mol. The highest BCUT2D eigenvalue weighted by molar-refractivity contribution is 9.10. The maximum atomic E-state index is 5.71. The van der Waals surface area contributed by atoms with E-state index in [9.17, 15) is 0 Å². The zero-order valence-electron chi connectivity index (χ0n) is 8.87. The molecule has 1 aromatic heterocycles. The van der Waals surface area contributed by atoms with E-state index in [0.29, 0.717) is 5.69 Å². The SMILES string of the molecule is Cc1nc(Nc2ccccc2Br)ccc1N. The van der Waals surface area contributed by atoms with Crippen LogP contribution in [0.15, 0.2) is 40.9 Å². The van der Waals surface area contributed by atoms with Crippen LogP contribution in [0, 0.1) is 6.92 Å². The Hall–Kier alpha value is -1.55. The van der Waals surface area contributed by atoms with Gasteiger partial charge in [0, 0.05) is 4.47 Å². The van der Waals surface area contributed by atoms with E-state index in [0.717, 1.165) is 21.7 Å². The van der Waals surface area contributed by atoms with Gasteiger partial charge in [-0.15, -0.1) is 0 Å². The fourth-order valence-corrected chi connectivity index (χ4v) is 1.73. The first kappa shape index (κ1) is 11.0. The van der Waals surface area contributed by atoms with E-state index >= 15 is 0 Å². The molecule has 3 N–H and O–H groups in total. The zero-order valence-corrected chi connectivity index (χ0v) is 10.5. The van der Waals surface area contributed by atoms with Gasteiger partial charge in [-0.3, -0.25) is 0 Å². The van der Waals surface area contributed by atoms with Crippen molar-refractivity contribution in [3.8, 4) is 0 Å². The minimum absolute atomic E-state index is 0.706. The van der Waals surface area contributed by atoms with Crippen molar-refractivity contribution in [3.05, 3.63) is 46.6 Å². The molecule has 2 rings (SSSR count). The van der Waals surface area contributed by atoms with Crippen molar-refractivity contribution in [1.82, 2.24) is 4.98 Å². The van der Waals surface area contributed by atoms with Crippen LogP contribution in [0.2, 0.25) is 0 Å². The van der Waals surface area contributed by atoms with Gasteiger partial charge in [-0.05, 0) is 47.1 Å². The molecule has 0 saturated heterocycles. The lowest BCUT2D eigenvalue weighted by Gasteiger charge is -2.08. The number of hydrogen-bond acceptors (Lipinski definition) is 3. The van der Waals surface area contributed by atoms with Gasteiger partial charge in [0.1, 0.15) is 5.82 Å². The summed E-state index contributed by atoms with van der Waals surface area (Å²) >= 11 is 3.47. The van der Waals surface area contributed by atoms with E-state index in [-0.39, 0.29) is 0 Å². The van der Waals surface area contributed by atoms with Crippen molar-refractivity contribution in [3.63, 3.8) is 0 Å². The second-order valence-electron chi connectivity index (χ2n) is 3.48. The minimum atomic E-state index is 0.706. The van der Waals surface area contributed by atoms with E-state index < -0.39 is 0 Å². The highest BCUT2D eigenvalue weighted by atomic mass is 79.9. The van der Waals surface area contributed by atoms with Gasteiger partial charge in [-0.2, -0.15) is 0 Å². The molecule has 0 aliphatic rings. The van der Waals surface area contributed by atoms with Gasteiger partial charge in [-0.1, -0.05) is 12.1 Å². The number of nitrogens with two attached hydrogens (primary N) is 1. The Labute approximate surface area is 103 Å². The van der Waals surface area contributed by atoms with E-state index in [1.54, 1.807) is 0 Å². The third-order valence-electron chi connectivity index (χ3n) is 2.26. The molecule has 0 atom stereocenters. The fraction of sp³-hybridized carbons (Fsp3) is 0.0833. The number of aryl methyl sites for hydroxylation is 1. The summed E-state index contributed by atoms with van der Waals surface area (Å²) in [5, 5.41) is 3.23. The Balaban J connectivity index is 2.28. The number of aromatic nitrogens is 1. The number of nitrogen functional groups attached to an aromatic ring is 1. The quantitative estimate of drug-likeness (QED) is 0.884. The predicted molar refractivity (Wildman–Crippen MR) is 70.8 cm³/mol. The molecule has 0 radical (unpaired) electrons. The van der Waals surface area contributed by atoms with Crippen LogP contribution in [0.3, 0.4) is 0 Å². The molecule has 0 spiro atoms. The fourth-order valence-electron chi connectivity index (χ4n) is 1.34. The molecule has 3 nitrogen and oxygen atoms in total. The Kier molecular flexibility index (Phi) is 3.10. The topological polar surface area (TPSA) is 50.9 Å². The molecule has 0 bridgehead atoms. The van der Waals surface area contributed by atoms with Crippen LogP contribution >= 0.6 is 15.9 Å². The minimum Gasteiger partial charge on any atom is -0.397 e. The summed E-state index contributed by atoms with van der Waals surface area (Å²) in [6.07, 6.45) is 0. The smallest absolute Gasteiger partial charge is 0.130 e. The molecule has 0 aliphatic heterocycles. The van der Waals surface area contributed by atoms with Gasteiger partial charge in [0.25, 0.3) is 0 Å². The van der Waals surface area contributed by atoms with E-state index in [1.165, 1.54) is 0 Å². The van der Waals surface area contributed by atoms with Gasteiger partial charge in [0.2, 0.25) is 0 Å². The third-order valence-corrected chi connectivity index (χ3v) is 2.95. The van der Waals surface area contributed by atoms with Crippen molar-refractivity contribution in [1.29, 1.82) is 0 Å². The molecule has 2 aromatic rings. The lowest BCUT2D eigenvalue weighted by Crippen LogP contribution is -1.98. The van der Waals surface area contributed by atoms with Crippen molar-refractivity contribution >= 4 is 33.1 Å². The summed E-state index contributed by atoms with van der Waals surface area (Å²) in [6, 6.07) is 11.6. The predicted octanol–water partition coefficient (Wildman–Crippen LogP) is 3.48. The summed E-state index contributed by atoms with van der Waals surface area (Å²) in [5.74, 6) is 0.790. The van der Waals surface area contributed by atoms with Crippen LogP contribution in [0.1, 0.15) is 5.69 Å². The Morgan fingerprint density at radius 2 is 1.94 bits per heavy atom. The van der Waals surface area contributed by atoms with Crippen molar-refractivity contribution < 1.29 is 0 Å². The molecule has 0 unspecified atom stereocenters. The van der Waals surface area contributed by atoms with Crippen LogP contribution < -0.4 is 11.1 Å². The molecule has 0 fully saturated rings. The molecular formula is C12H12BrN3. The Morgan fingerprint density at radius 1 is 1.19 bits per heavy atom. The molecule has 0 amide bonds. The second kappa shape index (κ2) is 4.53. The molecule has 82 valence electrons. The lowest BCUT2D eigenvalue weighted by molar-refractivity contribution is 1.20. The van der Waals surface area contributed by atoms with E-state index in [4.69, 9.17) is 5.73 Å². The van der Waals surface area contributed by atoms with Crippen LogP contribution in [0.5, 0.6) is 0 Å². The molecule has 1 heterocycles. The molecule has 0 saturated carbocycles.